The highest BCUT2D eigenvalue weighted by Crippen LogP contribution is 2.26. The summed E-state index contributed by atoms with van der Waals surface area (Å²) >= 11 is 0. The Labute approximate surface area is 149 Å². The van der Waals surface area contributed by atoms with E-state index in [1.165, 1.54) is 0 Å². The van der Waals surface area contributed by atoms with Crippen molar-refractivity contribution in [1.29, 1.82) is 0 Å². The summed E-state index contributed by atoms with van der Waals surface area (Å²) in [6.07, 6.45) is 0.0781. The first-order valence-corrected chi connectivity index (χ1v) is 8.60. The molecule has 1 aliphatic rings. The summed E-state index contributed by atoms with van der Waals surface area (Å²) in [7, 11) is 0. The highest BCUT2D eigenvalue weighted by atomic mass is 16.2. The van der Waals surface area contributed by atoms with Crippen molar-refractivity contribution < 1.29 is 4.79 Å². The van der Waals surface area contributed by atoms with Gasteiger partial charge < -0.3 is 10.00 Å². The number of rotatable bonds is 3. The molecule has 0 saturated carbocycles. The third-order valence-electron chi connectivity index (χ3n) is 4.86. The fourth-order valence-corrected chi connectivity index (χ4v) is 3.35. The molecule has 0 saturated heterocycles. The molecule has 0 fully saturated rings. The van der Waals surface area contributed by atoms with Crippen LogP contribution in [-0.2, 0) is 17.8 Å². The largest absolute Gasteiger partial charge is 0.331 e. The normalized spacial score (nSPS) is 16.5. The number of nitrogens with one attached hydrogen (secondary N) is 2. The highest BCUT2D eigenvalue weighted by Gasteiger charge is 2.31. The van der Waals surface area contributed by atoms with Crippen molar-refractivity contribution in [1.82, 2.24) is 29.9 Å². The maximum Gasteiger partial charge on any atom is 0.267 e. The summed E-state index contributed by atoms with van der Waals surface area (Å²) in [5.74, 6) is 1.35. The lowest BCUT2D eigenvalue weighted by molar-refractivity contribution is -0.133. The zero-order valence-corrected chi connectivity index (χ0v) is 14.7. The molecule has 2 N–H and O–H groups in total. The molecule has 3 heterocycles. The SMILES string of the molecule is Cc1[nH][nH]c(=O)c1CC(=O)N1CCn2nc(-c3ccccc3)nc2[C@@H]1C. The summed E-state index contributed by atoms with van der Waals surface area (Å²) < 4.78 is 1.87. The molecule has 8 heteroatoms. The topological polar surface area (TPSA) is 99.7 Å². The van der Waals surface area contributed by atoms with Gasteiger partial charge in [0.15, 0.2) is 5.82 Å². The molecule has 2 aromatic heterocycles. The molecule has 0 unspecified atom stereocenters. The minimum absolute atomic E-state index is 0.0781. The zero-order valence-electron chi connectivity index (χ0n) is 14.7. The van der Waals surface area contributed by atoms with E-state index in [2.05, 4.69) is 20.3 Å². The minimum Gasteiger partial charge on any atom is -0.331 e. The van der Waals surface area contributed by atoms with Crippen LogP contribution in [-0.4, -0.2) is 42.3 Å². The van der Waals surface area contributed by atoms with Gasteiger partial charge in [-0.15, -0.1) is 0 Å². The Morgan fingerprint density at radius 3 is 2.69 bits per heavy atom. The number of amides is 1. The number of fused-ring (bicyclic) bond motifs is 1. The standard InChI is InChI=1S/C18H20N6O2/c1-11-14(18(26)21-20-11)10-15(25)23-8-9-24-17(12(23)2)19-16(22-24)13-6-4-3-5-7-13/h3-7,12H,8-10H2,1-2H3,(H2,20,21,26)/t12-/m0/s1. The molecule has 8 nitrogen and oxygen atoms in total. The summed E-state index contributed by atoms with van der Waals surface area (Å²) in [5.41, 5.74) is 1.89. The second-order valence-electron chi connectivity index (χ2n) is 6.51. The number of aryl methyl sites for hydroxylation is 1. The molecule has 0 aliphatic carbocycles. The quantitative estimate of drug-likeness (QED) is 0.744. The van der Waals surface area contributed by atoms with E-state index in [1.807, 2.05) is 41.9 Å². The summed E-state index contributed by atoms with van der Waals surface area (Å²) in [6.45, 7) is 4.86. The van der Waals surface area contributed by atoms with Crippen molar-refractivity contribution in [2.24, 2.45) is 0 Å². The summed E-state index contributed by atoms with van der Waals surface area (Å²) in [5, 5.41) is 9.85. The second-order valence-corrected chi connectivity index (χ2v) is 6.51. The molecule has 1 aliphatic heterocycles. The maximum atomic E-state index is 12.8. The lowest BCUT2D eigenvalue weighted by Crippen LogP contribution is -2.42. The van der Waals surface area contributed by atoms with E-state index in [0.717, 1.165) is 11.4 Å². The Balaban J connectivity index is 1.58. The first-order chi connectivity index (χ1) is 12.5. The fourth-order valence-electron chi connectivity index (χ4n) is 3.35. The van der Waals surface area contributed by atoms with Gasteiger partial charge in [0.25, 0.3) is 5.56 Å². The van der Waals surface area contributed by atoms with Crippen molar-refractivity contribution >= 4 is 5.91 Å². The van der Waals surface area contributed by atoms with Crippen LogP contribution >= 0.6 is 0 Å². The van der Waals surface area contributed by atoms with Crippen LogP contribution in [0.2, 0.25) is 0 Å². The molecule has 0 radical (unpaired) electrons. The van der Waals surface area contributed by atoms with Gasteiger partial charge in [-0.3, -0.25) is 14.7 Å². The number of aromatic amines is 2. The average molecular weight is 352 g/mol. The summed E-state index contributed by atoms with van der Waals surface area (Å²) in [4.78, 5) is 31.0. The molecule has 4 rings (SSSR count). The van der Waals surface area contributed by atoms with Crippen LogP contribution in [0.25, 0.3) is 11.4 Å². The predicted octanol–water partition coefficient (Wildman–Crippen LogP) is 1.42. The van der Waals surface area contributed by atoms with Gasteiger partial charge in [0.2, 0.25) is 5.91 Å². The van der Waals surface area contributed by atoms with E-state index in [1.54, 1.807) is 11.8 Å². The molecule has 0 bridgehead atoms. The van der Waals surface area contributed by atoms with Crippen LogP contribution in [0.4, 0.5) is 0 Å². The van der Waals surface area contributed by atoms with Crippen LogP contribution in [0, 0.1) is 6.92 Å². The van der Waals surface area contributed by atoms with Gasteiger partial charge in [-0.25, -0.2) is 9.67 Å². The van der Waals surface area contributed by atoms with Gasteiger partial charge in [0.1, 0.15) is 5.82 Å². The van der Waals surface area contributed by atoms with Crippen molar-refractivity contribution in [3.63, 3.8) is 0 Å². The molecular weight excluding hydrogens is 332 g/mol. The van der Waals surface area contributed by atoms with Crippen molar-refractivity contribution in [3.05, 3.63) is 57.8 Å². The van der Waals surface area contributed by atoms with E-state index in [0.29, 0.717) is 30.2 Å². The van der Waals surface area contributed by atoms with Crippen molar-refractivity contribution in [3.8, 4) is 11.4 Å². The smallest absolute Gasteiger partial charge is 0.267 e. The van der Waals surface area contributed by atoms with E-state index in [4.69, 9.17) is 0 Å². The van der Waals surface area contributed by atoms with Crippen LogP contribution < -0.4 is 5.56 Å². The van der Waals surface area contributed by atoms with Crippen LogP contribution in [0.5, 0.6) is 0 Å². The molecule has 26 heavy (non-hydrogen) atoms. The molecule has 0 spiro atoms. The average Bonchev–Trinajstić information content (AvgIpc) is 3.22. The first kappa shape index (κ1) is 16.3. The number of aromatic nitrogens is 5. The van der Waals surface area contributed by atoms with Gasteiger partial charge >= 0.3 is 0 Å². The Morgan fingerprint density at radius 2 is 2.00 bits per heavy atom. The number of hydrogen-bond acceptors (Lipinski definition) is 4. The number of nitrogens with zero attached hydrogens (tertiary/aromatic N) is 4. The molecule has 1 amide bonds. The molecule has 1 atom stereocenters. The van der Waals surface area contributed by atoms with Gasteiger partial charge in [-0.05, 0) is 13.8 Å². The fraction of sp³-hybridized carbons (Fsp3) is 0.333. The molecule has 1 aromatic carbocycles. The van der Waals surface area contributed by atoms with Gasteiger partial charge in [-0.1, -0.05) is 30.3 Å². The molecular formula is C18H20N6O2. The van der Waals surface area contributed by atoms with Crippen molar-refractivity contribution in [2.75, 3.05) is 6.54 Å². The van der Waals surface area contributed by atoms with E-state index < -0.39 is 0 Å². The molecule has 3 aromatic rings. The number of hydrogen-bond donors (Lipinski definition) is 2. The Hall–Kier alpha value is -3.16. The van der Waals surface area contributed by atoms with E-state index >= 15 is 0 Å². The van der Waals surface area contributed by atoms with Gasteiger partial charge in [0.05, 0.1) is 19.0 Å². The predicted molar refractivity (Wildman–Crippen MR) is 95.4 cm³/mol. The number of carbonyl (C=O) groups excluding carboxylic acids is 1. The lowest BCUT2D eigenvalue weighted by atomic mass is 10.1. The molecule has 134 valence electrons. The van der Waals surface area contributed by atoms with Crippen LogP contribution in [0.1, 0.15) is 30.0 Å². The van der Waals surface area contributed by atoms with Gasteiger partial charge in [-0.2, -0.15) is 5.10 Å². The van der Waals surface area contributed by atoms with Crippen LogP contribution in [0.3, 0.4) is 0 Å². The van der Waals surface area contributed by atoms with Crippen LogP contribution in [0.15, 0.2) is 35.1 Å². The lowest BCUT2D eigenvalue weighted by Gasteiger charge is -2.32. The van der Waals surface area contributed by atoms with Gasteiger partial charge in [0, 0.05) is 23.4 Å². The highest BCUT2D eigenvalue weighted by molar-refractivity contribution is 5.79. The Kier molecular flexibility index (Phi) is 3.95. The Morgan fingerprint density at radius 1 is 1.23 bits per heavy atom. The second kappa shape index (κ2) is 6.29. The number of carbonyl (C=O) groups is 1. The monoisotopic (exact) mass is 352 g/mol. The minimum atomic E-state index is -0.241. The number of benzene rings is 1. The third kappa shape index (κ3) is 2.73. The third-order valence-corrected chi connectivity index (χ3v) is 4.86. The first-order valence-electron chi connectivity index (χ1n) is 8.60. The summed E-state index contributed by atoms with van der Waals surface area (Å²) in [6, 6.07) is 9.59. The number of H-pyrrole nitrogens is 2. The van der Waals surface area contributed by atoms with E-state index in [-0.39, 0.29) is 23.9 Å². The Bertz CT molecular complexity index is 1000. The van der Waals surface area contributed by atoms with Crippen molar-refractivity contribution in [2.45, 2.75) is 32.9 Å². The maximum absolute atomic E-state index is 12.8. The van der Waals surface area contributed by atoms with E-state index in [9.17, 15) is 9.59 Å². The zero-order chi connectivity index (χ0) is 18.3.